The summed E-state index contributed by atoms with van der Waals surface area (Å²) in [5.41, 5.74) is 3.88. The van der Waals surface area contributed by atoms with E-state index in [0.29, 0.717) is 34.9 Å². The third kappa shape index (κ3) is 6.93. The quantitative estimate of drug-likeness (QED) is 0.422. The summed E-state index contributed by atoms with van der Waals surface area (Å²) < 4.78 is 23.8. The first kappa shape index (κ1) is 26.4. The lowest BCUT2D eigenvalue weighted by Crippen LogP contribution is -2.30. The maximum atomic E-state index is 13.0. The molecule has 0 radical (unpaired) electrons. The van der Waals surface area contributed by atoms with Crippen LogP contribution in [0.5, 0.6) is 0 Å². The van der Waals surface area contributed by atoms with Gasteiger partial charge in [-0.1, -0.05) is 36.7 Å². The summed E-state index contributed by atoms with van der Waals surface area (Å²) >= 11 is 6.04. The third-order valence-corrected chi connectivity index (χ3v) is 7.76. The number of hydrogen-bond acceptors (Lipinski definition) is 4. The van der Waals surface area contributed by atoms with Crippen LogP contribution in [0.1, 0.15) is 40.9 Å². The molecule has 1 N–H and O–H groups in total. The van der Waals surface area contributed by atoms with Crippen molar-refractivity contribution in [2.24, 2.45) is 0 Å². The molecular weight excluding hydrogens is 484 g/mol. The Morgan fingerprint density at radius 3 is 2.17 bits per heavy atom. The van der Waals surface area contributed by atoms with Crippen LogP contribution in [0.3, 0.4) is 0 Å². The van der Waals surface area contributed by atoms with Crippen molar-refractivity contribution in [2.45, 2.75) is 38.6 Å². The second-order valence-electron chi connectivity index (χ2n) is 8.24. The van der Waals surface area contributed by atoms with E-state index >= 15 is 0 Å². The average molecular weight is 513 g/mol. The molecule has 0 spiro atoms. The zero-order valence-electron chi connectivity index (χ0n) is 20.0. The number of nitrogens with one attached hydrogen (secondary N) is 1. The molecule has 0 saturated carbocycles. The zero-order valence-corrected chi connectivity index (χ0v) is 21.6. The van der Waals surface area contributed by atoms with Crippen molar-refractivity contribution in [1.82, 2.24) is 4.90 Å². The molecule has 0 aliphatic rings. The smallest absolute Gasteiger partial charge is 0.254 e. The van der Waals surface area contributed by atoms with Crippen molar-refractivity contribution in [3.63, 3.8) is 0 Å². The first-order valence-corrected chi connectivity index (χ1v) is 13.4. The molecule has 0 heterocycles. The van der Waals surface area contributed by atoms with E-state index in [4.69, 9.17) is 11.6 Å². The van der Waals surface area contributed by atoms with Crippen molar-refractivity contribution in [3.05, 3.63) is 94.0 Å². The van der Waals surface area contributed by atoms with Crippen molar-refractivity contribution >= 4 is 38.9 Å². The van der Waals surface area contributed by atoms with E-state index in [1.54, 1.807) is 48.2 Å². The topological polar surface area (TPSA) is 83.6 Å². The first-order valence-electron chi connectivity index (χ1n) is 11.4. The normalized spacial score (nSPS) is 11.2. The fourth-order valence-electron chi connectivity index (χ4n) is 3.62. The monoisotopic (exact) mass is 512 g/mol. The second-order valence-corrected chi connectivity index (χ2v) is 11.0. The summed E-state index contributed by atoms with van der Waals surface area (Å²) in [4.78, 5) is 27.5. The van der Waals surface area contributed by atoms with E-state index in [2.05, 4.69) is 5.32 Å². The van der Waals surface area contributed by atoms with Crippen molar-refractivity contribution < 1.29 is 18.0 Å². The molecule has 0 saturated heterocycles. The van der Waals surface area contributed by atoms with E-state index in [1.807, 2.05) is 32.0 Å². The number of aryl methyl sites for hydroxylation is 1. The molecule has 0 unspecified atom stereocenters. The van der Waals surface area contributed by atoms with E-state index in [0.717, 1.165) is 11.1 Å². The number of nitrogens with zero attached hydrogens (tertiary/aromatic N) is 1. The number of anilines is 1. The fraction of sp³-hybridized carbons (Fsp3) is 0.259. The van der Waals surface area contributed by atoms with E-state index in [9.17, 15) is 18.0 Å². The Bertz CT molecular complexity index is 1300. The minimum absolute atomic E-state index is 0.0299. The van der Waals surface area contributed by atoms with Gasteiger partial charge in [0.25, 0.3) is 5.91 Å². The van der Waals surface area contributed by atoms with Gasteiger partial charge in [-0.15, -0.1) is 0 Å². The molecule has 8 heteroatoms. The Morgan fingerprint density at radius 1 is 0.943 bits per heavy atom. The molecule has 0 aliphatic carbocycles. The lowest BCUT2D eigenvalue weighted by molar-refractivity contribution is -0.115. The van der Waals surface area contributed by atoms with E-state index in [-0.39, 0.29) is 28.9 Å². The van der Waals surface area contributed by atoms with Crippen LogP contribution >= 0.6 is 11.6 Å². The molecule has 0 bridgehead atoms. The van der Waals surface area contributed by atoms with Gasteiger partial charge in [0.2, 0.25) is 5.91 Å². The lowest BCUT2D eigenvalue weighted by Gasteiger charge is -2.22. The Morgan fingerprint density at radius 2 is 1.60 bits per heavy atom. The lowest BCUT2D eigenvalue weighted by atomic mass is 10.1. The van der Waals surface area contributed by atoms with Gasteiger partial charge >= 0.3 is 0 Å². The predicted molar refractivity (Wildman–Crippen MR) is 140 cm³/mol. The highest BCUT2D eigenvalue weighted by atomic mass is 35.5. The number of halogens is 1. The van der Waals surface area contributed by atoms with Gasteiger partial charge in [0, 0.05) is 29.4 Å². The number of benzene rings is 3. The number of carbonyl (C=O) groups is 2. The van der Waals surface area contributed by atoms with Crippen LogP contribution in [-0.2, 0) is 27.6 Å². The third-order valence-electron chi connectivity index (χ3n) is 5.78. The molecule has 3 aromatic rings. The van der Waals surface area contributed by atoms with Gasteiger partial charge in [0.05, 0.1) is 17.1 Å². The summed E-state index contributed by atoms with van der Waals surface area (Å²) in [6.07, 6.45) is 0.108. The van der Waals surface area contributed by atoms with Crippen LogP contribution in [0.15, 0.2) is 71.6 Å². The highest BCUT2D eigenvalue weighted by molar-refractivity contribution is 7.91. The van der Waals surface area contributed by atoms with Gasteiger partial charge < -0.3 is 10.2 Å². The number of hydrogen-bond donors (Lipinski definition) is 1. The average Bonchev–Trinajstić information content (AvgIpc) is 2.84. The molecule has 0 aromatic heterocycles. The van der Waals surface area contributed by atoms with Crippen LogP contribution in [0, 0.1) is 6.92 Å². The summed E-state index contributed by atoms with van der Waals surface area (Å²) in [6, 6.07) is 18.8. The number of amides is 2. The molecule has 2 amide bonds. The predicted octanol–water partition coefficient (Wildman–Crippen LogP) is 5.29. The molecule has 6 nitrogen and oxygen atoms in total. The zero-order chi connectivity index (χ0) is 25.6. The maximum Gasteiger partial charge on any atom is 0.254 e. The minimum Gasteiger partial charge on any atom is -0.335 e. The summed E-state index contributed by atoms with van der Waals surface area (Å²) in [7, 11) is -3.27. The highest BCUT2D eigenvalue weighted by Crippen LogP contribution is 2.19. The first-order chi connectivity index (χ1) is 16.6. The standard InChI is InChI=1S/C27H29ClN2O4S/c1-4-30(18-22-8-11-23(28)16-19(22)3)27(32)21-9-12-24(13-10-21)29-26(31)17-20-6-14-25(15-7-20)35(33,34)5-2/h6-16H,4-5,17-18H2,1-3H3,(H,29,31). The van der Waals surface area contributed by atoms with Crippen LogP contribution in [0.25, 0.3) is 0 Å². The van der Waals surface area contributed by atoms with Gasteiger partial charge in [-0.3, -0.25) is 9.59 Å². The minimum atomic E-state index is -3.27. The van der Waals surface area contributed by atoms with E-state index in [1.165, 1.54) is 12.1 Å². The summed E-state index contributed by atoms with van der Waals surface area (Å²) in [6.45, 7) is 6.53. The van der Waals surface area contributed by atoms with Gasteiger partial charge in [-0.25, -0.2) is 8.42 Å². The highest BCUT2D eigenvalue weighted by Gasteiger charge is 2.16. The van der Waals surface area contributed by atoms with Crippen LogP contribution in [0.4, 0.5) is 5.69 Å². The van der Waals surface area contributed by atoms with Gasteiger partial charge in [-0.2, -0.15) is 0 Å². The van der Waals surface area contributed by atoms with Crippen molar-refractivity contribution in [1.29, 1.82) is 0 Å². The summed E-state index contributed by atoms with van der Waals surface area (Å²) in [5, 5.41) is 3.48. The fourth-order valence-corrected chi connectivity index (χ4v) is 4.73. The number of carbonyl (C=O) groups excluding carboxylic acids is 2. The van der Waals surface area contributed by atoms with Gasteiger partial charge in [0.1, 0.15) is 0 Å². The molecule has 3 aromatic carbocycles. The molecular formula is C27H29ClN2O4S. The number of rotatable bonds is 9. The van der Waals surface area contributed by atoms with Crippen LogP contribution in [0.2, 0.25) is 5.02 Å². The molecule has 184 valence electrons. The van der Waals surface area contributed by atoms with Gasteiger partial charge in [-0.05, 0) is 79.1 Å². The van der Waals surface area contributed by atoms with Crippen LogP contribution in [-0.4, -0.2) is 37.4 Å². The molecule has 3 rings (SSSR count). The molecule has 0 fully saturated rings. The van der Waals surface area contributed by atoms with Crippen molar-refractivity contribution in [3.8, 4) is 0 Å². The Labute approximate surface area is 211 Å². The maximum absolute atomic E-state index is 13.0. The SMILES string of the molecule is CCN(Cc1ccc(Cl)cc1C)C(=O)c1ccc(NC(=O)Cc2ccc(S(=O)(=O)CC)cc2)cc1. The molecule has 0 atom stereocenters. The van der Waals surface area contributed by atoms with Crippen molar-refractivity contribution in [2.75, 3.05) is 17.6 Å². The molecule has 35 heavy (non-hydrogen) atoms. The second kappa shape index (κ2) is 11.5. The Kier molecular flexibility index (Phi) is 8.70. The van der Waals surface area contributed by atoms with E-state index < -0.39 is 9.84 Å². The van der Waals surface area contributed by atoms with Gasteiger partial charge in [0.15, 0.2) is 9.84 Å². The molecule has 0 aliphatic heterocycles. The Balaban J connectivity index is 1.61. The number of sulfone groups is 1. The largest absolute Gasteiger partial charge is 0.335 e. The Hall–Kier alpha value is -3.16. The summed E-state index contributed by atoms with van der Waals surface area (Å²) in [5.74, 6) is -0.298. The van der Waals surface area contributed by atoms with Crippen LogP contribution < -0.4 is 5.32 Å².